The first-order valence-electron chi connectivity index (χ1n) is 5.37. The lowest BCUT2D eigenvalue weighted by Crippen LogP contribution is -2.37. The molecule has 1 rings (SSSR count). The summed E-state index contributed by atoms with van der Waals surface area (Å²) in [6.45, 7) is -0.152. The van der Waals surface area contributed by atoms with Crippen LogP contribution in [0.2, 0.25) is 5.02 Å². The fourth-order valence-corrected chi connectivity index (χ4v) is 1.58. The van der Waals surface area contributed by atoms with Crippen molar-refractivity contribution in [3.63, 3.8) is 0 Å². The lowest BCUT2D eigenvalue weighted by molar-refractivity contribution is -0.148. The third-order valence-electron chi connectivity index (χ3n) is 2.41. The number of amides is 1. The van der Waals surface area contributed by atoms with Crippen LogP contribution in [0.15, 0.2) is 18.2 Å². The summed E-state index contributed by atoms with van der Waals surface area (Å²) < 4.78 is 9.74. The van der Waals surface area contributed by atoms with E-state index in [4.69, 9.17) is 26.2 Å². The van der Waals surface area contributed by atoms with E-state index in [1.807, 2.05) is 0 Å². The van der Waals surface area contributed by atoms with Crippen molar-refractivity contribution in [3.8, 4) is 5.75 Å². The number of hydrogen-bond donors (Lipinski definition) is 2. The summed E-state index contributed by atoms with van der Waals surface area (Å²) in [5.41, 5.74) is 0.232. The van der Waals surface area contributed by atoms with Crippen LogP contribution in [0.25, 0.3) is 0 Å². The smallest absolute Gasteiger partial charge is 0.334 e. The molecule has 2 N–H and O–H groups in total. The Morgan fingerprint density at radius 1 is 1.42 bits per heavy atom. The Hall–Kier alpha value is -1.79. The molecular formula is C12H14ClNO5. The number of carboxylic acid groups (broad SMARTS) is 1. The summed E-state index contributed by atoms with van der Waals surface area (Å²) >= 11 is 5.80. The number of halogens is 1. The van der Waals surface area contributed by atoms with E-state index in [2.05, 4.69) is 5.32 Å². The van der Waals surface area contributed by atoms with E-state index >= 15 is 0 Å². The van der Waals surface area contributed by atoms with Gasteiger partial charge in [-0.25, -0.2) is 4.79 Å². The van der Waals surface area contributed by atoms with Gasteiger partial charge in [-0.3, -0.25) is 4.79 Å². The number of nitrogens with one attached hydrogen (secondary N) is 1. The molecule has 0 radical (unpaired) electrons. The molecule has 6 nitrogen and oxygen atoms in total. The van der Waals surface area contributed by atoms with Crippen LogP contribution < -0.4 is 10.1 Å². The van der Waals surface area contributed by atoms with E-state index in [9.17, 15) is 9.59 Å². The number of carbonyl (C=O) groups is 2. The molecule has 19 heavy (non-hydrogen) atoms. The maximum Gasteiger partial charge on any atom is 0.334 e. The predicted molar refractivity (Wildman–Crippen MR) is 68.8 cm³/mol. The average Bonchev–Trinajstić information content (AvgIpc) is 2.38. The molecule has 0 aliphatic carbocycles. The molecule has 0 aliphatic heterocycles. The van der Waals surface area contributed by atoms with Gasteiger partial charge in [0, 0.05) is 12.1 Å². The van der Waals surface area contributed by atoms with Crippen molar-refractivity contribution in [1.82, 2.24) is 5.32 Å². The molecule has 0 fully saturated rings. The minimum atomic E-state index is -1.15. The number of rotatable bonds is 6. The number of benzene rings is 1. The fraction of sp³-hybridized carbons (Fsp3) is 0.333. The lowest BCUT2D eigenvalue weighted by atomic mass is 10.2. The van der Waals surface area contributed by atoms with E-state index in [0.29, 0.717) is 10.8 Å². The molecule has 1 amide bonds. The summed E-state index contributed by atoms with van der Waals surface area (Å²) in [4.78, 5) is 22.7. The van der Waals surface area contributed by atoms with E-state index in [-0.39, 0.29) is 12.1 Å². The van der Waals surface area contributed by atoms with Crippen LogP contribution in [-0.4, -0.2) is 43.9 Å². The third-order valence-corrected chi connectivity index (χ3v) is 2.65. The van der Waals surface area contributed by atoms with Gasteiger partial charge in [-0.1, -0.05) is 11.6 Å². The second-order valence-corrected chi connectivity index (χ2v) is 4.05. The normalized spacial score (nSPS) is 11.7. The molecule has 0 bridgehead atoms. The standard InChI is InChI=1S/C12H14ClNO5/c1-18-9-4-3-7(13)5-8(9)11(15)14-6-10(19-2)12(16)17/h3-5,10H,6H2,1-2H3,(H,14,15)(H,16,17). The van der Waals surface area contributed by atoms with Crippen molar-refractivity contribution >= 4 is 23.5 Å². The Kier molecular flexibility index (Phi) is 5.59. The monoisotopic (exact) mass is 287 g/mol. The molecule has 7 heteroatoms. The predicted octanol–water partition coefficient (Wildman–Crippen LogP) is 1.18. The fourth-order valence-electron chi connectivity index (χ4n) is 1.41. The van der Waals surface area contributed by atoms with Crippen LogP contribution in [0.5, 0.6) is 5.75 Å². The van der Waals surface area contributed by atoms with Crippen molar-refractivity contribution in [2.75, 3.05) is 20.8 Å². The van der Waals surface area contributed by atoms with E-state index in [1.165, 1.54) is 20.3 Å². The van der Waals surface area contributed by atoms with Gasteiger partial charge in [0.15, 0.2) is 6.10 Å². The third kappa shape index (κ3) is 4.11. The van der Waals surface area contributed by atoms with Crippen molar-refractivity contribution in [2.45, 2.75) is 6.10 Å². The molecule has 0 heterocycles. The van der Waals surface area contributed by atoms with Crippen LogP contribution in [0.1, 0.15) is 10.4 Å². The highest BCUT2D eigenvalue weighted by atomic mass is 35.5. The van der Waals surface area contributed by atoms with Crippen LogP contribution in [0.3, 0.4) is 0 Å². The Morgan fingerprint density at radius 3 is 2.63 bits per heavy atom. The Morgan fingerprint density at radius 2 is 2.11 bits per heavy atom. The molecule has 104 valence electrons. The van der Waals surface area contributed by atoms with E-state index < -0.39 is 18.0 Å². The first-order chi connectivity index (χ1) is 8.99. The number of methoxy groups -OCH3 is 2. The van der Waals surface area contributed by atoms with Crippen molar-refractivity contribution in [2.24, 2.45) is 0 Å². The van der Waals surface area contributed by atoms with Gasteiger partial charge in [-0.15, -0.1) is 0 Å². The number of carboxylic acids is 1. The van der Waals surface area contributed by atoms with Crippen molar-refractivity contribution < 1.29 is 24.2 Å². The maximum atomic E-state index is 11.9. The molecule has 0 saturated heterocycles. The highest BCUT2D eigenvalue weighted by Crippen LogP contribution is 2.22. The van der Waals surface area contributed by atoms with E-state index in [0.717, 1.165) is 0 Å². The largest absolute Gasteiger partial charge is 0.496 e. The second-order valence-electron chi connectivity index (χ2n) is 3.62. The second kappa shape index (κ2) is 6.96. The zero-order chi connectivity index (χ0) is 14.4. The van der Waals surface area contributed by atoms with E-state index in [1.54, 1.807) is 12.1 Å². The quantitative estimate of drug-likeness (QED) is 0.820. The zero-order valence-electron chi connectivity index (χ0n) is 10.5. The summed E-state index contributed by atoms with van der Waals surface area (Å²) in [7, 11) is 2.68. The minimum absolute atomic E-state index is 0.152. The number of hydrogen-bond acceptors (Lipinski definition) is 4. The van der Waals surface area contributed by atoms with Crippen LogP contribution >= 0.6 is 11.6 Å². The van der Waals surface area contributed by atoms with Gasteiger partial charge in [0.2, 0.25) is 0 Å². The molecule has 1 atom stereocenters. The Bertz CT molecular complexity index is 477. The summed E-state index contributed by atoms with van der Waals surface area (Å²) in [6, 6.07) is 4.59. The van der Waals surface area contributed by atoms with Gasteiger partial charge < -0.3 is 19.9 Å². The van der Waals surface area contributed by atoms with Crippen molar-refractivity contribution in [1.29, 1.82) is 0 Å². The zero-order valence-corrected chi connectivity index (χ0v) is 11.2. The SMILES string of the molecule is COc1ccc(Cl)cc1C(=O)NCC(OC)C(=O)O. The summed E-state index contributed by atoms with van der Waals surface area (Å²) in [6.07, 6.45) is -1.10. The highest BCUT2D eigenvalue weighted by Gasteiger charge is 2.19. The highest BCUT2D eigenvalue weighted by molar-refractivity contribution is 6.31. The molecule has 0 spiro atoms. The summed E-state index contributed by atoms with van der Waals surface area (Å²) in [5.74, 6) is -1.28. The molecule has 1 aromatic rings. The van der Waals surface area contributed by atoms with Gasteiger partial charge >= 0.3 is 5.97 Å². The molecule has 1 aromatic carbocycles. The Balaban J connectivity index is 2.78. The van der Waals surface area contributed by atoms with Gasteiger partial charge in [-0.05, 0) is 18.2 Å². The molecule has 1 unspecified atom stereocenters. The first-order valence-corrected chi connectivity index (χ1v) is 5.74. The van der Waals surface area contributed by atoms with Crippen molar-refractivity contribution in [3.05, 3.63) is 28.8 Å². The van der Waals surface area contributed by atoms with Gasteiger partial charge in [0.1, 0.15) is 5.75 Å². The topological polar surface area (TPSA) is 84.9 Å². The van der Waals surface area contributed by atoms with Gasteiger partial charge in [-0.2, -0.15) is 0 Å². The molecule has 0 aromatic heterocycles. The Labute approximate surface area is 115 Å². The number of ether oxygens (including phenoxy) is 2. The van der Waals surface area contributed by atoms with Gasteiger partial charge in [0.25, 0.3) is 5.91 Å². The molecule has 0 aliphatic rings. The maximum absolute atomic E-state index is 11.9. The first kappa shape index (κ1) is 15.3. The summed E-state index contributed by atoms with van der Waals surface area (Å²) in [5, 5.41) is 11.6. The molecular weight excluding hydrogens is 274 g/mol. The van der Waals surface area contributed by atoms with Crippen LogP contribution in [-0.2, 0) is 9.53 Å². The number of carbonyl (C=O) groups excluding carboxylic acids is 1. The lowest BCUT2D eigenvalue weighted by Gasteiger charge is -2.13. The van der Waals surface area contributed by atoms with Crippen LogP contribution in [0.4, 0.5) is 0 Å². The molecule has 0 saturated carbocycles. The minimum Gasteiger partial charge on any atom is -0.496 e. The number of aliphatic carboxylic acids is 1. The van der Waals surface area contributed by atoms with Crippen LogP contribution in [0, 0.1) is 0 Å². The average molecular weight is 288 g/mol. The van der Waals surface area contributed by atoms with Gasteiger partial charge in [0.05, 0.1) is 19.2 Å².